The number of hydrogen-bond acceptors (Lipinski definition) is 6. The van der Waals surface area contributed by atoms with E-state index in [9.17, 15) is 14.4 Å². The molecule has 0 rings (SSSR count). The molecule has 0 heterocycles. The van der Waals surface area contributed by atoms with E-state index in [1.807, 2.05) is 6.92 Å². The first-order valence-corrected chi connectivity index (χ1v) is 5.35. The van der Waals surface area contributed by atoms with Crippen LogP contribution in [0.2, 0.25) is 0 Å². The van der Waals surface area contributed by atoms with Gasteiger partial charge in [0.25, 0.3) is 0 Å². The Hall–Kier alpha value is -1.04. The maximum absolute atomic E-state index is 9.96. The maximum atomic E-state index is 9.96. The fraction of sp³-hybridized carbons (Fsp3) is 0.700. The predicted octanol–water partition coefficient (Wildman–Crippen LogP) is 1.25. The maximum Gasteiger partial charge on any atom is 0.315 e. The third kappa shape index (κ3) is 29.3. The van der Waals surface area contributed by atoms with Crippen LogP contribution >= 0.6 is 12.6 Å². The van der Waals surface area contributed by atoms with Crippen LogP contribution in [0.4, 0.5) is 0 Å². The Morgan fingerprint density at radius 3 is 1.50 bits per heavy atom. The Labute approximate surface area is 102 Å². The number of aldehydes is 1. The molecule has 0 aromatic heterocycles. The fourth-order valence-corrected chi connectivity index (χ4v) is 0.338. The van der Waals surface area contributed by atoms with Crippen LogP contribution in [0.3, 0.4) is 0 Å². The van der Waals surface area contributed by atoms with Crippen molar-refractivity contribution in [3.8, 4) is 0 Å². The molecule has 0 fully saturated rings. The van der Waals surface area contributed by atoms with Crippen LogP contribution < -0.4 is 0 Å². The van der Waals surface area contributed by atoms with Crippen molar-refractivity contribution in [1.82, 2.24) is 0 Å². The van der Waals surface area contributed by atoms with Crippen LogP contribution in [0.15, 0.2) is 0 Å². The quantitative estimate of drug-likeness (QED) is 0.465. The van der Waals surface area contributed by atoms with Crippen molar-refractivity contribution in [1.29, 1.82) is 0 Å². The summed E-state index contributed by atoms with van der Waals surface area (Å²) in [6, 6.07) is 0. The van der Waals surface area contributed by atoms with E-state index in [1.54, 1.807) is 6.92 Å². The van der Waals surface area contributed by atoms with E-state index in [1.165, 1.54) is 14.2 Å². The minimum atomic E-state index is -0.293. The van der Waals surface area contributed by atoms with E-state index in [2.05, 4.69) is 22.1 Å². The zero-order chi connectivity index (χ0) is 13.4. The number of hydrogen-bond donors (Lipinski definition) is 1. The van der Waals surface area contributed by atoms with Crippen LogP contribution in [-0.4, -0.2) is 38.2 Å². The van der Waals surface area contributed by atoms with Gasteiger partial charge in [0.1, 0.15) is 6.29 Å². The van der Waals surface area contributed by atoms with E-state index >= 15 is 0 Å². The normalized spacial score (nSPS) is 7.31. The summed E-state index contributed by atoms with van der Waals surface area (Å²) in [5, 5.41) is 0. The van der Waals surface area contributed by atoms with Crippen molar-refractivity contribution >= 4 is 30.9 Å². The average molecular weight is 252 g/mol. The summed E-state index contributed by atoms with van der Waals surface area (Å²) < 4.78 is 8.44. The molecule has 0 aromatic carbocycles. The molecule has 0 aliphatic heterocycles. The van der Waals surface area contributed by atoms with E-state index in [4.69, 9.17) is 0 Å². The molecular formula is C10H20O5S. The van der Waals surface area contributed by atoms with Gasteiger partial charge in [0, 0.05) is 12.8 Å². The highest BCUT2D eigenvalue weighted by atomic mass is 32.1. The lowest BCUT2D eigenvalue weighted by molar-refractivity contribution is -0.140. The molecule has 96 valence electrons. The summed E-state index contributed by atoms with van der Waals surface area (Å²) in [6.07, 6.45) is 1.98. The molecule has 0 aliphatic rings. The summed E-state index contributed by atoms with van der Waals surface area (Å²) >= 11 is 3.62. The van der Waals surface area contributed by atoms with Gasteiger partial charge in [0.15, 0.2) is 0 Å². The van der Waals surface area contributed by atoms with E-state index in [0.29, 0.717) is 12.8 Å². The van der Waals surface area contributed by atoms with Gasteiger partial charge in [0.2, 0.25) is 0 Å². The Morgan fingerprint density at radius 2 is 1.50 bits per heavy atom. The van der Waals surface area contributed by atoms with E-state index in [-0.39, 0.29) is 17.7 Å². The zero-order valence-electron chi connectivity index (χ0n) is 10.2. The SMILES string of the molecule is CCC(=O)OC.CCC=O.COC(=O)CS. The first kappa shape index (κ1) is 20.4. The summed E-state index contributed by atoms with van der Waals surface area (Å²) in [5.41, 5.74) is 0. The highest BCUT2D eigenvalue weighted by Gasteiger charge is 1.88. The number of esters is 2. The number of rotatable bonds is 3. The molecule has 6 heteroatoms. The van der Waals surface area contributed by atoms with Gasteiger partial charge in [-0.1, -0.05) is 13.8 Å². The third-order valence-corrected chi connectivity index (χ3v) is 1.30. The average Bonchev–Trinajstić information content (AvgIpc) is 2.37. The Bertz CT molecular complexity index is 154. The molecule has 0 saturated carbocycles. The molecule has 0 atom stereocenters. The topological polar surface area (TPSA) is 69.7 Å². The Kier molecular flexibility index (Phi) is 24.9. The smallest absolute Gasteiger partial charge is 0.315 e. The molecule has 0 saturated heterocycles. The highest BCUT2D eigenvalue weighted by molar-refractivity contribution is 7.81. The van der Waals surface area contributed by atoms with Crippen molar-refractivity contribution in [2.75, 3.05) is 20.0 Å². The Balaban J connectivity index is -0.000000162. The van der Waals surface area contributed by atoms with E-state index < -0.39 is 0 Å². The molecule has 0 spiro atoms. The van der Waals surface area contributed by atoms with Gasteiger partial charge in [-0.05, 0) is 0 Å². The summed E-state index contributed by atoms with van der Waals surface area (Å²) in [7, 11) is 2.71. The standard InChI is InChI=1S/C4H8O2.C3H6O2S.C3H6O/c1-3-4(5)6-2;1-5-3(4)2-6;1-2-3-4/h3H2,1-2H3;6H,2H2,1H3;3H,2H2,1H3. The summed E-state index contributed by atoms with van der Waals surface area (Å²) in [6.45, 7) is 3.57. The van der Waals surface area contributed by atoms with Crippen molar-refractivity contribution in [3.05, 3.63) is 0 Å². The third-order valence-electron chi connectivity index (χ3n) is 1.04. The van der Waals surface area contributed by atoms with E-state index in [0.717, 1.165) is 6.29 Å². The molecule has 0 radical (unpaired) electrons. The lowest BCUT2D eigenvalue weighted by atomic mass is 10.5. The lowest BCUT2D eigenvalue weighted by Crippen LogP contribution is -1.99. The fourth-order valence-electron chi connectivity index (χ4n) is 0.209. The van der Waals surface area contributed by atoms with Gasteiger partial charge in [-0.15, -0.1) is 0 Å². The van der Waals surface area contributed by atoms with Gasteiger partial charge in [-0.25, -0.2) is 0 Å². The molecule has 0 amide bonds. The first-order valence-electron chi connectivity index (χ1n) is 4.71. The van der Waals surface area contributed by atoms with Crippen LogP contribution in [0, 0.1) is 0 Å². The second-order valence-electron chi connectivity index (χ2n) is 2.24. The van der Waals surface area contributed by atoms with Crippen LogP contribution in [-0.2, 0) is 23.9 Å². The van der Waals surface area contributed by atoms with Gasteiger partial charge < -0.3 is 14.3 Å². The lowest BCUT2D eigenvalue weighted by Gasteiger charge is -1.87. The molecule has 0 aromatic rings. The number of thiol groups is 1. The first-order chi connectivity index (χ1) is 7.53. The van der Waals surface area contributed by atoms with Crippen molar-refractivity contribution in [3.63, 3.8) is 0 Å². The molecule has 5 nitrogen and oxygen atoms in total. The van der Waals surface area contributed by atoms with Crippen LogP contribution in [0.1, 0.15) is 26.7 Å². The molecule has 0 unspecified atom stereocenters. The number of carbonyl (C=O) groups is 3. The molecule has 0 aliphatic carbocycles. The van der Waals surface area contributed by atoms with Gasteiger partial charge in [-0.3, -0.25) is 9.59 Å². The van der Waals surface area contributed by atoms with Crippen molar-refractivity contribution < 1.29 is 23.9 Å². The number of ether oxygens (including phenoxy) is 2. The zero-order valence-corrected chi connectivity index (χ0v) is 11.1. The van der Waals surface area contributed by atoms with Crippen LogP contribution in [0.5, 0.6) is 0 Å². The predicted molar refractivity (Wildman–Crippen MR) is 64.5 cm³/mol. The van der Waals surface area contributed by atoms with Crippen molar-refractivity contribution in [2.45, 2.75) is 26.7 Å². The monoisotopic (exact) mass is 252 g/mol. The number of methoxy groups -OCH3 is 2. The molecular weight excluding hydrogens is 232 g/mol. The largest absolute Gasteiger partial charge is 0.469 e. The second-order valence-corrected chi connectivity index (χ2v) is 2.56. The van der Waals surface area contributed by atoms with Crippen molar-refractivity contribution in [2.24, 2.45) is 0 Å². The highest BCUT2D eigenvalue weighted by Crippen LogP contribution is 1.76. The van der Waals surface area contributed by atoms with Gasteiger partial charge >= 0.3 is 11.9 Å². The van der Waals surface area contributed by atoms with Crippen LogP contribution in [0.25, 0.3) is 0 Å². The Morgan fingerprint density at radius 1 is 1.12 bits per heavy atom. The van der Waals surface area contributed by atoms with Gasteiger partial charge in [-0.2, -0.15) is 12.6 Å². The number of carbonyl (C=O) groups excluding carboxylic acids is 3. The molecule has 16 heavy (non-hydrogen) atoms. The molecule has 0 bridgehead atoms. The second kappa shape index (κ2) is 19.5. The minimum absolute atomic E-state index is 0.157. The summed E-state index contributed by atoms with van der Waals surface area (Å²) in [5.74, 6) is -0.287. The molecule has 0 N–H and O–H groups in total. The summed E-state index contributed by atoms with van der Waals surface area (Å²) in [4.78, 5) is 29.0. The van der Waals surface area contributed by atoms with Gasteiger partial charge in [0.05, 0.1) is 20.0 Å². The minimum Gasteiger partial charge on any atom is -0.469 e.